The third-order valence-corrected chi connectivity index (χ3v) is 7.01. The molecule has 2 amide bonds. The molecule has 0 spiro atoms. The summed E-state index contributed by atoms with van der Waals surface area (Å²) in [6, 6.07) is 31.7. The fourth-order valence-corrected chi connectivity index (χ4v) is 5.09. The molecule has 4 aromatic carbocycles. The first-order valence-electron chi connectivity index (χ1n) is 12.7. The first-order chi connectivity index (χ1) is 18.0. The number of nitrogens with one attached hydrogen (secondary N) is 1. The SMILES string of the molecule is CC(NC(=O)c1ccc2c(c1)CCCN2Cc1cccc(-c2ccccc2C(N)=O)c1)c1ccccc1. The quantitative estimate of drug-likeness (QED) is 0.340. The zero-order valence-electron chi connectivity index (χ0n) is 21.0. The van der Waals surface area contributed by atoms with Crippen LogP contribution in [-0.4, -0.2) is 18.4 Å². The number of primary amides is 1. The topological polar surface area (TPSA) is 75.4 Å². The molecule has 3 N–H and O–H groups in total. The van der Waals surface area contributed by atoms with Crippen molar-refractivity contribution < 1.29 is 9.59 Å². The van der Waals surface area contributed by atoms with Crippen molar-refractivity contribution in [2.45, 2.75) is 32.4 Å². The standard InChI is InChI=1S/C32H31N3O2/c1-22(24-10-3-2-4-11-24)34-32(37)27-16-17-30-26(20-27)13-8-18-35(30)21-23-9-7-12-25(19-23)28-14-5-6-15-29(28)31(33)36/h2-7,9-12,14-17,19-20,22H,8,13,18,21H2,1H3,(H2,33,36)(H,34,37). The molecule has 0 radical (unpaired) electrons. The highest BCUT2D eigenvalue weighted by Crippen LogP contribution is 2.31. The highest BCUT2D eigenvalue weighted by molar-refractivity contribution is 5.99. The molecule has 1 atom stereocenters. The molecule has 1 heterocycles. The Morgan fingerprint density at radius 3 is 2.51 bits per heavy atom. The van der Waals surface area contributed by atoms with E-state index in [1.54, 1.807) is 6.07 Å². The Morgan fingerprint density at radius 2 is 1.70 bits per heavy atom. The Kier molecular flexibility index (Phi) is 7.04. The van der Waals surface area contributed by atoms with Gasteiger partial charge in [-0.15, -0.1) is 0 Å². The Hall–Kier alpha value is -4.38. The second-order valence-corrected chi connectivity index (χ2v) is 9.58. The Labute approximate surface area is 217 Å². The van der Waals surface area contributed by atoms with Crippen molar-refractivity contribution in [3.8, 4) is 11.1 Å². The van der Waals surface area contributed by atoms with Gasteiger partial charge in [0, 0.05) is 29.9 Å². The van der Waals surface area contributed by atoms with Crippen molar-refractivity contribution in [3.63, 3.8) is 0 Å². The van der Waals surface area contributed by atoms with Crippen molar-refractivity contribution in [1.82, 2.24) is 5.32 Å². The molecule has 0 saturated carbocycles. The highest BCUT2D eigenvalue weighted by atomic mass is 16.2. The number of aryl methyl sites for hydroxylation is 1. The summed E-state index contributed by atoms with van der Waals surface area (Å²) < 4.78 is 0. The van der Waals surface area contributed by atoms with E-state index < -0.39 is 5.91 Å². The summed E-state index contributed by atoms with van der Waals surface area (Å²) in [5.41, 5.74) is 13.2. The molecular formula is C32H31N3O2. The van der Waals surface area contributed by atoms with Crippen LogP contribution in [0.2, 0.25) is 0 Å². The van der Waals surface area contributed by atoms with Crippen LogP contribution in [0.1, 0.15) is 56.8 Å². The van der Waals surface area contributed by atoms with Gasteiger partial charge >= 0.3 is 0 Å². The number of rotatable bonds is 7. The van der Waals surface area contributed by atoms with Gasteiger partial charge in [-0.2, -0.15) is 0 Å². The summed E-state index contributed by atoms with van der Waals surface area (Å²) in [5.74, 6) is -0.485. The van der Waals surface area contributed by atoms with Gasteiger partial charge in [0.25, 0.3) is 5.91 Å². The number of hydrogen-bond donors (Lipinski definition) is 2. The highest BCUT2D eigenvalue weighted by Gasteiger charge is 2.20. The molecule has 0 aromatic heterocycles. The lowest BCUT2D eigenvalue weighted by atomic mass is 9.96. The predicted molar refractivity (Wildman–Crippen MR) is 149 cm³/mol. The van der Waals surface area contributed by atoms with Crippen LogP contribution in [0.25, 0.3) is 11.1 Å². The van der Waals surface area contributed by atoms with Crippen molar-refractivity contribution in [1.29, 1.82) is 0 Å². The molecular weight excluding hydrogens is 458 g/mol. The molecule has 0 fully saturated rings. The van der Waals surface area contributed by atoms with Crippen molar-refractivity contribution >= 4 is 17.5 Å². The lowest BCUT2D eigenvalue weighted by molar-refractivity contribution is 0.0938. The van der Waals surface area contributed by atoms with E-state index in [-0.39, 0.29) is 11.9 Å². The van der Waals surface area contributed by atoms with Crippen LogP contribution in [-0.2, 0) is 13.0 Å². The third kappa shape index (κ3) is 5.41. The molecule has 37 heavy (non-hydrogen) atoms. The van der Waals surface area contributed by atoms with Gasteiger partial charge in [-0.1, -0.05) is 66.7 Å². The number of carbonyl (C=O) groups excluding carboxylic acids is 2. The second-order valence-electron chi connectivity index (χ2n) is 9.58. The van der Waals surface area contributed by atoms with Crippen molar-refractivity contribution in [2.75, 3.05) is 11.4 Å². The Balaban J connectivity index is 1.34. The maximum Gasteiger partial charge on any atom is 0.251 e. The summed E-state index contributed by atoms with van der Waals surface area (Å²) in [7, 11) is 0. The number of nitrogens with zero attached hydrogens (tertiary/aromatic N) is 1. The van der Waals surface area contributed by atoms with Crippen LogP contribution >= 0.6 is 0 Å². The molecule has 5 rings (SSSR count). The van der Waals surface area contributed by atoms with Crippen LogP contribution in [0, 0.1) is 0 Å². The number of carbonyl (C=O) groups is 2. The van der Waals surface area contributed by atoms with Crippen molar-refractivity contribution in [3.05, 3.63) is 125 Å². The molecule has 0 bridgehead atoms. The van der Waals surface area contributed by atoms with Crippen LogP contribution in [0.3, 0.4) is 0 Å². The van der Waals surface area contributed by atoms with Crippen LogP contribution in [0.15, 0.2) is 97.1 Å². The molecule has 5 nitrogen and oxygen atoms in total. The zero-order valence-corrected chi connectivity index (χ0v) is 21.0. The summed E-state index contributed by atoms with van der Waals surface area (Å²) in [6.07, 6.45) is 1.98. The Bertz CT molecular complexity index is 1430. The molecule has 0 aliphatic carbocycles. The number of nitrogens with two attached hydrogens (primary N) is 1. The summed E-state index contributed by atoms with van der Waals surface area (Å²) in [5, 5.41) is 3.12. The molecule has 5 heteroatoms. The van der Waals surface area contributed by atoms with Gasteiger partial charge in [-0.25, -0.2) is 0 Å². The average Bonchev–Trinajstić information content (AvgIpc) is 2.93. The molecule has 1 aliphatic rings. The van der Waals surface area contributed by atoms with E-state index in [0.717, 1.165) is 48.2 Å². The van der Waals surface area contributed by atoms with Gasteiger partial charge < -0.3 is 16.0 Å². The first-order valence-corrected chi connectivity index (χ1v) is 12.7. The third-order valence-electron chi connectivity index (χ3n) is 7.01. The number of amides is 2. The molecule has 186 valence electrons. The fourth-order valence-electron chi connectivity index (χ4n) is 5.09. The smallest absolute Gasteiger partial charge is 0.251 e. The lowest BCUT2D eigenvalue weighted by Crippen LogP contribution is -2.30. The maximum absolute atomic E-state index is 13.0. The summed E-state index contributed by atoms with van der Waals surface area (Å²) in [6.45, 7) is 3.70. The van der Waals surface area contributed by atoms with E-state index in [9.17, 15) is 9.59 Å². The fraction of sp³-hybridized carbons (Fsp3) is 0.188. The maximum atomic E-state index is 13.0. The summed E-state index contributed by atoms with van der Waals surface area (Å²) >= 11 is 0. The minimum absolute atomic E-state index is 0.0582. The number of hydrogen-bond acceptors (Lipinski definition) is 3. The lowest BCUT2D eigenvalue weighted by Gasteiger charge is -2.32. The van der Waals surface area contributed by atoms with Gasteiger partial charge in [0.1, 0.15) is 0 Å². The minimum atomic E-state index is -0.427. The molecule has 0 saturated heterocycles. The van der Waals surface area contributed by atoms with E-state index >= 15 is 0 Å². The number of benzene rings is 4. The second kappa shape index (κ2) is 10.7. The first kappa shape index (κ1) is 24.3. The van der Waals surface area contributed by atoms with E-state index in [1.807, 2.05) is 79.7 Å². The van der Waals surface area contributed by atoms with Gasteiger partial charge in [0.2, 0.25) is 5.91 Å². The van der Waals surface area contributed by atoms with Crippen LogP contribution < -0.4 is 16.0 Å². The van der Waals surface area contributed by atoms with Gasteiger partial charge in [0.15, 0.2) is 0 Å². The monoisotopic (exact) mass is 489 g/mol. The average molecular weight is 490 g/mol. The normalized spacial score (nSPS) is 13.5. The van der Waals surface area contributed by atoms with Crippen LogP contribution in [0.4, 0.5) is 5.69 Å². The molecule has 4 aromatic rings. The Morgan fingerprint density at radius 1 is 0.919 bits per heavy atom. The van der Waals surface area contributed by atoms with E-state index in [1.165, 1.54) is 11.3 Å². The van der Waals surface area contributed by atoms with Crippen molar-refractivity contribution in [2.24, 2.45) is 5.73 Å². The molecule has 1 aliphatic heterocycles. The van der Waals surface area contributed by atoms with Gasteiger partial charge in [-0.3, -0.25) is 9.59 Å². The van der Waals surface area contributed by atoms with Crippen LogP contribution in [0.5, 0.6) is 0 Å². The van der Waals surface area contributed by atoms with E-state index in [2.05, 4.69) is 28.4 Å². The molecule has 1 unspecified atom stereocenters. The van der Waals surface area contributed by atoms with Gasteiger partial charge in [-0.05, 0) is 77.9 Å². The van der Waals surface area contributed by atoms with E-state index in [4.69, 9.17) is 5.73 Å². The minimum Gasteiger partial charge on any atom is -0.367 e. The number of anilines is 1. The predicted octanol–water partition coefficient (Wildman–Crippen LogP) is 5.90. The number of fused-ring (bicyclic) bond motifs is 1. The largest absolute Gasteiger partial charge is 0.367 e. The zero-order chi connectivity index (χ0) is 25.8. The summed E-state index contributed by atoms with van der Waals surface area (Å²) in [4.78, 5) is 27.3. The van der Waals surface area contributed by atoms with Gasteiger partial charge in [0.05, 0.1) is 6.04 Å². The van der Waals surface area contributed by atoms with E-state index in [0.29, 0.717) is 11.1 Å².